The minimum atomic E-state index is 0.0167. The number of methoxy groups -OCH3 is 1. The van der Waals surface area contributed by atoms with Crippen LogP contribution in [-0.2, 0) is 9.47 Å². The van der Waals surface area contributed by atoms with Crippen LogP contribution in [-0.4, -0.2) is 37.9 Å². The Hall–Kier alpha value is -3.76. The van der Waals surface area contributed by atoms with Gasteiger partial charge in [-0.3, -0.25) is 0 Å². The van der Waals surface area contributed by atoms with Crippen LogP contribution in [0.3, 0.4) is 0 Å². The number of para-hydroxylation sites is 1. The third-order valence-electron chi connectivity index (χ3n) is 6.50. The predicted molar refractivity (Wildman–Crippen MR) is 153 cm³/mol. The summed E-state index contributed by atoms with van der Waals surface area (Å²) in [5, 5.41) is 2.37. The van der Waals surface area contributed by atoms with Crippen molar-refractivity contribution in [2.45, 2.75) is 32.5 Å². The number of hydrogen-bond donors (Lipinski definition) is 0. The average Bonchev–Trinajstić information content (AvgIpc) is 3.34. The van der Waals surface area contributed by atoms with Gasteiger partial charge in [-0.05, 0) is 36.2 Å². The van der Waals surface area contributed by atoms with E-state index >= 15 is 0 Å². The number of allylic oxidation sites excluding steroid dienone is 4. The topological polar surface area (TPSA) is 24.9 Å². The quantitative estimate of drug-likeness (QED) is 0.220. The molecule has 1 aliphatic heterocycles. The van der Waals surface area contributed by atoms with Crippen LogP contribution in [0.25, 0.3) is 27.5 Å². The minimum Gasteiger partial charge on any atom is -0.498 e. The summed E-state index contributed by atoms with van der Waals surface area (Å²) in [6.45, 7) is 8.86. The lowest BCUT2D eigenvalue weighted by Crippen LogP contribution is -2.22. The van der Waals surface area contributed by atoms with Gasteiger partial charge in [0.05, 0.1) is 30.8 Å². The van der Waals surface area contributed by atoms with Crippen LogP contribution in [0.4, 0.5) is 5.69 Å². The lowest BCUT2D eigenvalue weighted by molar-refractivity contribution is 0.0560. The molecular weight excluding hydrogens is 444 g/mol. The van der Waals surface area contributed by atoms with Crippen molar-refractivity contribution in [1.82, 2.24) is 4.90 Å². The van der Waals surface area contributed by atoms with Gasteiger partial charge >= 0.3 is 0 Å². The Kier molecular flexibility index (Phi) is 8.29. The Balaban J connectivity index is 1.88. The molecule has 0 spiro atoms. The van der Waals surface area contributed by atoms with Gasteiger partial charge in [-0.15, -0.1) is 0 Å². The highest BCUT2D eigenvalue weighted by molar-refractivity contribution is 6.03. The minimum absolute atomic E-state index is 0.0167. The molecular formula is C32H36N2O2. The molecule has 2 atom stereocenters. The molecule has 3 aromatic rings. The molecule has 0 amide bonds. The zero-order valence-electron chi connectivity index (χ0n) is 21.7. The third kappa shape index (κ3) is 5.72. The van der Waals surface area contributed by atoms with E-state index in [2.05, 4.69) is 116 Å². The Bertz CT molecular complexity index is 1290. The Labute approximate surface area is 215 Å². The second kappa shape index (κ2) is 11.8. The normalized spacial score (nSPS) is 15.6. The number of rotatable bonds is 10. The summed E-state index contributed by atoms with van der Waals surface area (Å²) < 4.78 is 11.7. The molecule has 186 valence electrons. The smallest absolute Gasteiger partial charge is 0.0975 e. The molecule has 4 heteroatoms. The van der Waals surface area contributed by atoms with Crippen LogP contribution in [0, 0.1) is 0 Å². The van der Waals surface area contributed by atoms with Crippen LogP contribution in [0.15, 0.2) is 104 Å². The second-order valence-corrected chi connectivity index (χ2v) is 9.29. The molecule has 0 fully saturated rings. The Morgan fingerprint density at radius 1 is 0.972 bits per heavy atom. The predicted octanol–water partition coefficient (Wildman–Crippen LogP) is 7.60. The maximum Gasteiger partial charge on any atom is 0.0975 e. The highest BCUT2D eigenvalue weighted by Crippen LogP contribution is 2.40. The monoisotopic (exact) mass is 480 g/mol. The first-order valence-electron chi connectivity index (χ1n) is 12.5. The van der Waals surface area contributed by atoms with Crippen LogP contribution in [0.2, 0.25) is 0 Å². The van der Waals surface area contributed by atoms with Crippen molar-refractivity contribution in [2.75, 3.05) is 25.7 Å². The molecule has 4 nitrogen and oxygen atoms in total. The maximum absolute atomic E-state index is 6.26. The fraction of sp³-hybridized carbons (Fsp3) is 0.250. The summed E-state index contributed by atoms with van der Waals surface area (Å²) in [7, 11) is 3.82. The van der Waals surface area contributed by atoms with Gasteiger partial charge in [-0.1, -0.05) is 79.4 Å². The standard InChI is InChI=1S/C32H36N2O2/c1-6-7-12-27(22-36-25(3)21-24(2)35-5)32-28-14-9-8-13-26(28)17-18-30(32)29-15-10-11-16-31(29)34-20-19-33(4)23-34/h6-20,22,24-25H,1,21,23H2,2-5H3/b12-7-,27-22-. The number of fused-ring (bicyclic) bond motifs is 1. The van der Waals surface area contributed by atoms with Gasteiger partial charge in [0.15, 0.2) is 0 Å². The summed E-state index contributed by atoms with van der Waals surface area (Å²) in [6, 6.07) is 21.5. The average molecular weight is 481 g/mol. The van der Waals surface area contributed by atoms with Gasteiger partial charge in [-0.25, -0.2) is 0 Å². The van der Waals surface area contributed by atoms with E-state index in [0.29, 0.717) is 0 Å². The van der Waals surface area contributed by atoms with Crippen LogP contribution >= 0.6 is 0 Å². The van der Waals surface area contributed by atoms with Crippen molar-refractivity contribution in [3.8, 4) is 11.1 Å². The van der Waals surface area contributed by atoms with Gasteiger partial charge in [0.25, 0.3) is 0 Å². The molecule has 4 rings (SSSR count). The zero-order chi connectivity index (χ0) is 25.5. The van der Waals surface area contributed by atoms with E-state index < -0.39 is 0 Å². The van der Waals surface area contributed by atoms with Crippen molar-refractivity contribution in [3.05, 3.63) is 110 Å². The van der Waals surface area contributed by atoms with Crippen molar-refractivity contribution in [3.63, 3.8) is 0 Å². The number of nitrogens with zero attached hydrogens (tertiary/aromatic N) is 2. The molecule has 2 unspecified atom stereocenters. The van der Waals surface area contributed by atoms with Crippen molar-refractivity contribution >= 4 is 22.0 Å². The second-order valence-electron chi connectivity index (χ2n) is 9.29. The maximum atomic E-state index is 6.26. The number of anilines is 1. The van der Waals surface area contributed by atoms with E-state index in [1.807, 2.05) is 12.3 Å². The van der Waals surface area contributed by atoms with Gasteiger partial charge in [0, 0.05) is 49.7 Å². The zero-order valence-corrected chi connectivity index (χ0v) is 21.7. The van der Waals surface area contributed by atoms with E-state index in [-0.39, 0.29) is 12.2 Å². The molecule has 3 aromatic carbocycles. The van der Waals surface area contributed by atoms with Gasteiger partial charge in [0.2, 0.25) is 0 Å². The highest BCUT2D eigenvalue weighted by atomic mass is 16.5. The molecule has 36 heavy (non-hydrogen) atoms. The summed E-state index contributed by atoms with van der Waals surface area (Å²) in [5.74, 6) is 0. The number of benzene rings is 3. The van der Waals surface area contributed by atoms with Gasteiger partial charge in [0.1, 0.15) is 0 Å². The van der Waals surface area contributed by atoms with Gasteiger partial charge < -0.3 is 19.3 Å². The molecule has 0 radical (unpaired) electrons. The first-order valence-corrected chi connectivity index (χ1v) is 12.5. The lowest BCUT2D eigenvalue weighted by Gasteiger charge is -2.24. The Morgan fingerprint density at radius 3 is 2.50 bits per heavy atom. The molecule has 0 aromatic heterocycles. The summed E-state index contributed by atoms with van der Waals surface area (Å²) in [5.41, 5.74) is 5.65. The molecule has 0 bridgehead atoms. The highest BCUT2D eigenvalue weighted by Gasteiger charge is 2.20. The first-order chi connectivity index (χ1) is 17.5. The van der Waals surface area contributed by atoms with E-state index in [9.17, 15) is 0 Å². The summed E-state index contributed by atoms with van der Waals surface area (Å²) in [4.78, 5) is 4.45. The SMILES string of the molecule is C=C/C=C\C(=C\OC(C)CC(C)OC)c1c(-c2ccccc2N2C=CN(C)C2)ccc2ccccc12. The van der Waals surface area contributed by atoms with Crippen LogP contribution in [0.5, 0.6) is 0 Å². The largest absolute Gasteiger partial charge is 0.498 e. The summed E-state index contributed by atoms with van der Waals surface area (Å²) >= 11 is 0. The van der Waals surface area contributed by atoms with Crippen molar-refractivity contribution in [2.24, 2.45) is 0 Å². The fourth-order valence-electron chi connectivity index (χ4n) is 4.61. The molecule has 1 heterocycles. The molecule has 0 saturated carbocycles. The number of hydrogen-bond acceptors (Lipinski definition) is 4. The fourth-order valence-corrected chi connectivity index (χ4v) is 4.61. The van der Waals surface area contributed by atoms with E-state index in [1.54, 1.807) is 13.2 Å². The Morgan fingerprint density at radius 2 is 1.75 bits per heavy atom. The molecule has 0 saturated heterocycles. The number of ether oxygens (including phenoxy) is 2. The lowest BCUT2D eigenvalue weighted by atomic mass is 9.89. The third-order valence-corrected chi connectivity index (χ3v) is 6.50. The summed E-state index contributed by atoms with van der Waals surface area (Å²) in [6.07, 6.45) is 12.9. The van der Waals surface area contributed by atoms with Gasteiger partial charge in [-0.2, -0.15) is 0 Å². The van der Waals surface area contributed by atoms with Crippen LogP contribution < -0.4 is 4.90 Å². The van der Waals surface area contributed by atoms with Crippen molar-refractivity contribution in [1.29, 1.82) is 0 Å². The van der Waals surface area contributed by atoms with Crippen molar-refractivity contribution < 1.29 is 9.47 Å². The van der Waals surface area contributed by atoms with Crippen LogP contribution in [0.1, 0.15) is 25.8 Å². The van der Waals surface area contributed by atoms with E-state index in [4.69, 9.17) is 9.47 Å². The first kappa shape index (κ1) is 25.3. The van der Waals surface area contributed by atoms with E-state index in [0.717, 1.165) is 29.8 Å². The van der Waals surface area contributed by atoms with E-state index in [1.165, 1.54) is 22.0 Å². The molecule has 0 aliphatic carbocycles. The molecule has 0 N–H and O–H groups in total. The molecule has 1 aliphatic rings.